The van der Waals surface area contributed by atoms with Gasteiger partial charge < -0.3 is 28.3 Å². The summed E-state index contributed by atoms with van der Waals surface area (Å²) in [6.45, 7) is 5.41. The molecule has 1 N–H and O–H groups in total. The zero-order valence-electron chi connectivity index (χ0n) is 23.8. The van der Waals surface area contributed by atoms with E-state index in [0.29, 0.717) is 26.2 Å². The average molecular weight is 542 g/mol. The van der Waals surface area contributed by atoms with Gasteiger partial charge in [0, 0.05) is 19.9 Å². The SMILES string of the molecule is CCCCCCCCCCCCCCOc1ccccc1CC(COP(O)OCCN(C)C)OC(C)=O. The van der Waals surface area contributed by atoms with Crippen molar-refractivity contribution in [1.82, 2.24) is 4.90 Å². The molecule has 8 heteroatoms. The number of hydrogen-bond donors (Lipinski definition) is 1. The van der Waals surface area contributed by atoms with Gasteiger partial charge in [0.25, 0.3) is 0 Å². The van der Waals surface area contributed by atoms with Gasteiger partial charge >= 0.3 is 14.6 Å². The number of likely N-dealkylation sites (N-methyl/N-ethyl adjacent to an activating group) is 1. The Bertz CT molecular complexity index is 690. The van der Waals surface area contributed by atoms with Gasteiger partial charge in [-0.3, -0.25) is 4.79 Å². The quantitative estimate of drug-likeness (QED) is 0.0853. The van der Waals surface area contributed by atoms with Crippen LogP contribution in [-0.2, 0) is 25.0 Å². The molecule has 37 heavy (non-hydrogen) atoms. The van der Waals surface area contributed by atoms with Crippen LogP contribution in [-0.4, -0.2) is 62.3 Å². The highest BCUT2D eigenvalue weighted by Crippen LogP contribution is 2.33. The Labute approximate surface area is 227 Å². The second-order valence-corrected chi connectivity index (χ2v) is 10.9. The summed E-state index contributed by atoms with van der Waals surface area (Å²) in [4.78, 5) is 23.6. The predicted octanol–water partition coefficient (Wildman–Crippen LogP) is 7.05. The van der Waals surface area contributed by atoms with Crippen LogP contribution in [0.1, 0.15) is 96.5 Å². The van der Waals surface area contributed by atoms with E-state index in [0.717, 1.165) is 17.7 Å². The molecule has 0 aromatic heterocycles. The van der Waals surface area contributed by atoms with E-state index in [1.54, 1.807) is 0 Å². The van der Waals surface area contributed by atoms with Gasteiger partial charge in [0.2, 0.25) is 0 Å². The maximum atomic E-state index is 11.6. The molecule has 0 spiro atoms. The predicted molar refractivity (Wildman–Crippen MR) is 152 cm³/mol. The number of carbonyl (C=O) groups excluding carboxylic acids is 1. The van der Waals surface area contributed by atoms with Crippen LogP contribution >= 0.6 is 8.60 Å². The van der Waals surface area contributed by atoms with Crippen LogP contribution in [0.2, 0.25) is 0 Å². The van der Waals surface area contributed by atoms with Crippen molar-refractivity contribution in [2.45, 2.75) is 103 Å². The fourth-order valence-electron chi connectivity index (χ4n) is 4.04. The van der Waals surface area contributed by atoms with E-state index in [9.17, 15) is 9.69 Å². The molecule has 2 atom stereocenters. The molecule has 0 heterocycles. The van der Waals surface area contributed by atoms with Gasteiger partial charge in [0.05, 0.1) is 19.8 Å². The molecule has 1 aromatic rings. The molecule has 0 aliphatic carbocycles. The average Bonchev–Trinajstić information content (AvgIpc) is 2.85. The first-order chi connectivity index (χ1) is 17.9. The van der Waals surface area contributed by atoms with E-state index in [1.165, 1.54) is 77.6 Å². The molecular formula is C29H52NO6P. The largest absolute Gasteiger partial charge is 0.493 e. The van der Waals surface area contributed by atoms with Crippen LogP contribution < -0.4 is 4.74 Å². The summed E-state index contributed by atoms with van der Waals surface area (Å²) < 4.78 is 22.3. The molecule has 2 unspecified atom stereocenters. The molecule has 0 amide bonds. The number of hydrogen-bond acceptors (Lipinski definition) is 7. The highest BCUT2D eigenvalue weighted by molar-refractivity contribution is 7.40. The van der Waals surface area contributed by atoms with Gasteiger partial charge in [-0.15, -0.1) is 0 Å². The minimum Gasteiger partial charge on any atom is -0.493 e. The van der Waals surface area contributed by atoms with Crippen molar-refractivity contribution < 1.29 is 28.2 Å². The molecule has 0 saturated carbocycles. The third-order valence-corrected chi connectivity index (χ3v) is 6.89. The Kier molecular flexibility index (Phi) is 20.7. The molecular weight excluding hydrogens is 489 g/mol. The summed E-state index contributed by atoms with van der Waals surface area (Å²) in [5, 5.41) is 0. The van der Waals surface area contributed by atoms with Crippen molar-refractivity contribution in [2.24, 2.45) is 0 Å². The molecule has 0 aliphatic heterocycles. The monoisotopic (exact) mass is 541 g/mol. The molecule has 0 aliphatic rings. The van der Waals surface area contributed by atoms with Crippen molar-refractivity contribution in [3.63, 3.8) is 0 Å². The van der Waals surface area contributed by atoms with Crippen LogP contribution in [0.5, 0.6) is 5.75 Å². The number of unbranched alkanes of at least 4 members (excludes halogenated alkanes) is 11. The van der Waals surface area contributed by atoms with Crippen molar-refractivity contribution in [2.75, 3.05) is 40.5 Å². The normalized spacial score (nSPS) is 13.0. The second-order valence-electron chi connectivity index (χ2n) is 9.95. The molecule has 1 aromatic carbocycles. The number of nitrogens with zero attached hydrogens (tertiary/aromatic N) is 1. The van der Waals surface area contributed by atoms with Crippen LogP contribution in [0.4, 0.5) is 0 Å². The number of ether oxygens (including phenoxy) is 2. The second kappa shape index (κ2) is 22.7. The van der Waals surface area contributed by atoms with Crippen molar-refractivity contribution >= 4 is 14.6 Å². The lowest BCUT2D eigenvalue weighted by atomic mass is 10.1. The van der Waals surface area contributed by atoms with Crippen molar-refractivity contribution in [3.05, 3.63) is 29.8 Å². The van der Waals surface area contributed by atoms with Gasteiger partial charge in [-0.1, -0.05) is 95.8 Å². The zero-order valence-corrected chi connectivity index (χ0v) is 24.7. The molecule has 1 rings (SSSR count). The number of para-hydroxylation sites is 1. The van der Waals surface area contributed by atoms with E-state index >= 15 is 0 Å². The van der Waals surface area contributed by atoms with Crippen LogP contribution in [0.15, 0.2) is 24.3 Å². The summed E-state index contributed by atoms with van der Waals surface area (Å²) in [6, 6.07) is 7.82. The van der Waals surface area contributed by atoms with E-state index in [4.69, 9.17) is 18.5 Å². The Morgan fingerprint density at radius 3 is 2.08 bits per heavy atom. The first-order valence-electron chi connectivity index (χ1n) is 14.2. The fourth-order valence-corrected chi connectivity index (χ4v) is 4.64. The van der Waals surface area contributed by atoms with Gasteiger partial charge in [0.15, 0.2) is 0 Å². The van der Waals surface area contributed by atoms with Gasteiger partial charge in [-0.2, -0.15) is 0 Å². The fraction of sp³-hybridized carbons (Fsp3) is 0.759. The molecule has 0 radical (unpaired) electrons. The van der Waals surface area contributed by atoms with Gasteiger partial charge in [-0.25, -0.2) is 0 Å². The summed E-state index contributed by atoms with van der Waals surface area (Å²) in [5.74, 6) is 0.413. The van der Waals surface area contributed by atoms with E-state index in [-0.39, 0.29) is 12.6 Å². The van der Waals surface area contributed by atoms with E-state index in [1.807, 2.05) is 43.3 Å². The lowest BCUT2D eigenvalue weighted by molar-refractivity contribution is -0.147. The Morgan fingerprint density at radius 2 is 1.49 bits per heavy atom. The molecule has 0 saturated heterocycles. The summed E-state index contributed by atoms with van der Waals surface area (Å²) in [6.07, 6.45) is 15.6. The van der Waals surface area contributed by atoms with Crippen LogP contribution in [0.3, 0.4) is 0 Å². The summed E-state index contributed by atoms with van der Waals surface area (Å²) in [5.41, 5.74) is 0.951. The number of esters is 1. The minimum atomic E-state index is -2.02. The van der Waals surface area contributed by atoms with Gasteiger partial charge in [-0.05, 0) is 32.1 Å². The molecule has 7 nitrogen and oxygen atoms in total. The molecule has 0 bridgehead atoms. The first-order valence-corrected chi connectivity index (χ1v) is 15.3. The smallest absolute Gasteiger partial charge is 0.330 e. The van der Waals surface area contributed by atoms with Crippen molar-refractivity contribution in [3.8, 4) is 5.75 Å². The van der Waals surface area contributed by atoms with Crippen molar-refractivity contribution in [1.29, 1.82) is 0 Å². The Hall–Kier alpha value is -1.24. The van der Waals surface area contributed by atoms with E-state index < -0.39 is 14.7 Å². The lowest BCUT2D eigenvalue weighted by Gasteiger charge is -2.20. The minimum absolute atomic E-state index is 0.0524. The number of carbonyl (C=O) groups is 1. The maximum absolute atomic E-state index is 11.6. The zero-order chi connectivity index (χ0) is 27.1. The first kappa shape index (κ1) is 33.8. The number of benzene rings is 1. The summed E-state index contributed by atoms with van der Waals surface area (Å²) >= 11 is 0. The summed E-state index contributed by atoms with van der Waals surface area (Å²) in [7, 11) is 1.83. The Morgan fingerprint density at radius 1 is 0.892 bits per heavy atom. The van der Waals surface area contributed by atoms with Crippen LogP contribution in [0.25, 0.3) is 0 Å². The highest BCUT2D eigenvalue weighted by Gasteiger charge is 2.19. The highest BCUT2D eigenvalue weighted by atomic mass is 31.2. The van der Waals surface area contributed by atoms with Gasteiger partial charge in [0.1, 0.15) is 11.9 Å². The molecule has 214 valence electrons. The van der Waals surface area contributed by atoms with E-state index in [2.05, 4.69) is 6.92 Å². The molecule has 0 fully saturated rings. The topological polar surface area (TPSA) is 77.5 Å². The Balaban J connectivity index is 2.32. The number of rotatable bonds is 24. The third-order valence-electron chi connectivity index (χ3n) is 6.12. The van der Waals surface area contributed by atoms with Crippen LogP contribution in [0, 0.1) is 0 Å². The maximum Gasteiger partial charge on any atom is 0.330 e. The third kappa shape index (κ3) is 19.5. The lowest BCUT2D eigenvalue weighted by Crippen LogP contribution is -2.25. The standard InChI is InChI=1S/C29H52NO6P/c1-5-6-7-8-9-10-11-12-13-14-15-18-22-33-29-20-17-16-19-27(29)24-28(36-26(2)31)25-35-37(32)34-23-21-30(3)4/h16-17,19-20,28,32H,5-15,18,21-25H2,1-4H3.